The van der Waals surface area contributed by atoms with E-state index in [0.29, 0.717) is 0 Å². The Bertz CT molecular complexity index is 259. The van der Waals surface area contributed by atoms with E-state index in [4.69, 9.17) is 14.6 Å². The third-order valence-corrected chi connectivity index (χ3v) is 1.77. The predicted molar refractivity (Wildman–Crippen MR) is 43.5 cm³/mol. The second-order valence-corrected chi connectivity index (χ2v) is 3.34. The third-order valence-electron chi connectivity index (χ3n) is 1.77. The Hall–Kier alpha value is -1.14. The Balaban J connectivity index is 2.83. The normalized spacial score (nSPS) is 29.9. The smallest absolute Gasteiger partial charge is 0.338 e. The number of carbonyl (C=O) groups is 2. The zero-order valence-electron chi connectivity index (χ0n) is 8.14. The number of aliphatic carboxylic acids is 1. The van der Waals surface area contributed by atoms with Crippen molar-refractivity contribution in [2.75, 3.05) is 7.11 Å². The molecule has 1 fully saturated rings. The van der Waals surface area contributed by atoms with Crippen molar-refractivity contribution in [1.82, 2.24) is 0 Å². The minimum absolute atomic E-state index is 0.747. The predicted octanol–water partition coefficient (Wildman–Crippen LogP) is -0.236. The average molecular weight is 204 g/mol. The first-order chi connectivity index (χ1) is 6.37. The summed E-state index contributed by atoms with van der Waals surface area (Å²) in [6.45, 7) is 3.07. The first-order valence-electron chi connectivity index (χ1n) is 4.03. The van der Waals surface area contributed by atoms with Crippen LogP contribution in [0.2, 0.25) is 0 Å². The second-order valence-electron chi connectivity index (χ2n) is 3.34. The summed E-state index contributed by atoms with van der Waals surface area (Å²) < 4.78 is 14.5. The van der Waals surface area contributed by atoms with Gasteiger partial charge in [0.05, 0.1) is 7.11 Å². The standard InChI is InChI=1S/C8H12O6/c1-8(2)13-4(6(9)10)5(14-8)7(11)12-3/h4-5H,1-3H3,(H,9,10)/t4-,5-/m0/s1. The lowest BCUT2D eigenvalue weighted by molar-refractivity contribution is -0.170. The van der Waals surface area contributed by atoms with E-state index in [0.717, 1.165) is 7.11 Å². The monoisotopic (exact) mass is 204 g/mol. The first kappa shape index (κ1) is 10.9. The van der Waals surface area contributed by atoms with Crippen LogP contribution in [0.1, 0.15) is 13.8 Å². The Morgan fingerprint density at radius 2 is 1.79 bits per heavy atom. The van der Waals surface area contributed by atoms with Gasteiger partial charge in [0.25, 0.3) is 0 Å². The van der Waals surface area contributed by atoms with Gasteiger partial charge in [0, 0.05) is 0 Å². The molecule has 0 saturated carbocycles. The van der Waals surface area contributed by atoms with Gasteiger partial charge in [-0.05, 0) is 13.8 Å². The molecule has 0 aromatic rings. The summed E-state index contributed by atoms with van der Waals surface area (Å²) in [4.78, 5) is 21.8. The van der Waals surface area contributed by atoms with Crippen LogP contribution in [0, 0.1) is 0 Å². The van der Waals surface area contributed by atoms with Crippen LogP contribution in [0.3, 0.4) is 0 Å². The number of methoxy groups -OCH3 is 1. The van der Waals surface area contributed by atoms with E-state index in [2.05, 4.69) is 4.74 Å². The molecule has 1 aliphatic rings. The maximum Gasteiger partial charge on any atom is 0.338 e. The topological polar surface area (TPSA) is 82.1 Å². The number of ether oxygens (including phenoxy) is 3. The number of esters is 1. The molecule has 0 bridgehead atoms. The summed E-state index contributed by atoms with van der Waals surface area (Å²) in [5, 5.41) is 8.75. The number of rotatable bonds is 2. The molecule has 0 spiro atoms. The molecule has 0 aromatic carbocycles. The number of carbonyl (C=O) groups excluding carboxylic acids is 1. The molecule has 2 atom stereocenters. The van der Waals surface area contributed by atoms with Crippen LogP contribution in [-0.2, 0) is 23.8 Å². The van der Waals surface area contributed by atoms with Gasteiger partial charge in [-0.25, -0.2) is 9.59 Å². The molecule has 1 rings (SSSR count). The Kier molecular flexibility index (Phi) is 2.77. The van der Waals surface area contributed by atoms with Crippen LogP contribution >= 0.6 is 0 Å². The van der Waals surface area contributed by atoms with Crippen molar-refractivity contribution in [3.05, 3.63) is 0 Å². The van der Waals surface area contributed by atoms with E-state index in [1.54, 1.807) is 0 Å². The van der Waals surface area contributed by atoms with Crippen LogP contribution in [0.25, 0.3) is 0 Å². The van der Waals surface area contributed by atoms with Crippen molar-refractivity contribution in [3.8, 4) is 0 Å². The number of carboxylic acids is 1. The summed E-state index contributed by atoms with van der Waals surface area (Å²) in [7, 11) is 1.16. The van der Waals surface area contributed by atoms with E-state index in [-0.39, 0.29) is 0 Å². The highest BCUT2D eigenvalue weighted by atomic mass is 16.8. The first-order valence-corrected chi connectivity index (χ1v) is 4.03. The molecular weight excluding hydrogens is 192 g/mol. The lowest BCUT2D eigenvalue weighted by Crippen LogP contribution is -2.37. The molecule has 0 amide bonds. The summed E-state index contributed by atoms with van der Waals surface area (Å²) in [6.07, 6.45) is -2.51. The van der Waals surface area contributed by atoms with Crippen LogP contribution in [0.4, 0.5) is 0 Å². The highest BCUT2D eigenvalue weighted by Gasteiger charge is 2.49. The molecule has 0 radical (unpaired) electrons. The highest BCUT2D eigenvalue weighted by Crippen LogP contribution is 2.28. The molecule has 0 aliphatic carbocycles. The van der Waals surface area contributed by atoms with Crippen molar-refractivity contribution >= 4 is 11.9 Å². The van der Waals surface area contributed by atoms with E-state index >= 15 is 0 Å². The quantitative estimate of drug-likeness (QED) is 0.625. The lowest BCUT2D eigenvalue weighted by atomic mass is 10.2. The molecular formula is C8H12O6. The van der Waals surface area contributed by atoms with Gasteiger partial charge in [-0.1, -0.05) is 0 Å². The van der Waals surface area contributed by atoms with Gasteiger partial charge in [-0.2, -0.15) is 0 Å². The zero-order chi connectivity index (χ0) is 10.9. The van der Waals surface area contributed by atoms with Gasteiger partial charge < -0.3 is 19.3 Å². The maximum absolute atomic E-state index is 11.1. The minimum atomic E-state index is -1.31. The second kappa shape index (κ2) is 3.55. The number of hydrogen-bond donors (Lipinski definition) is 1. The van der Waals surface area contributed by atoms with Crippen LogP contribution in [0.5, 0.6) is 0 Å². The molecule has 1 N–H and O–H groups in total. The van der Waals surface area contributed by atoms with Crippen LogP contribution in [0.15, 0.2) is 0 Å². The van der Waals surface area contributed by atoms with Crippen LogP contribution < -0.4 is 0 Å². The van der Waals surface area contributed by atoms with E-state index < -0.39 is 29.9 Å². The number of carboxylic acid groups (broad SMARTS) is 1. The summed E-state index contributed by atoms with van der Waals surface area (Å²) >= 11 is 0. The average Bonchev–Trinajstić information content (AvgIpc) is 2.40. The maximum atomic E-state index is 11.1. The van der Waals surface area contributed by atoms with Gasteiger partial charge in [0.1, 0.15) is 0 Å². The van der Waals surface area contributed by atoms with Gasteiger partial charge in [0.2, 0.25) is 0 Å². The van der Waals surface area contributed by atoms with Gasteiger partial charge >= 0.3 is 11.9 Å². The fourth-order valence-electron chi connectivity index (χ4n) is 1.23. The summed E-state index contributed by atoms with van der Waals surface area (Å²) in [6, 6.07) is 0. The molecule has 0 aromatic heterocycles. The minimum Gasteiger partial charge on any atom is -0.479 e. The van der Waals surface area contributed by atoms with Crippen LogP contribution in [-0.4, -0.2) is 42.1 Å². The van der Waals surface area contributed by atoms with Crippen molar-refractivity contribution < 1.29 is 28.9 Å². The van der Waals surface area contributed by atoms with Crippen molar-refractivity contribution in [2.45, 2.75) is 31.8 Å². The molecule has 80 valence electrons. The van der Waals surface area contributed by atoms with Crippen molar-refractivity contribution in [3.63, 3.8) is 0 Å². The van der Waals surface area contributed by atoms with Gasteiger partial charge in [0.15, 0.2) is 18.0 Å². The highest BCUT2D eigenvalue weighted by molar-refractivity contribution is 5.85. The van der Waals surface area contributed by atoms with E-state index in [1.165, 1.54) is 13.8 Å². The molecule has 1 heterocycles. The molecule has 1 aliphatic heterocycles. The third kappa shape index (κ3) is 2.02. The van der Waals surface area contributed by atoms with Gasteiger partial charge in [-0.15, -0.1) is 0 Å². The largest absolute Gasteiger partial charge is 0.479 e. The van der Waals surface area contributed by atoms with Gasteiger partial charge in [-0.3, -0.25) is 0 Å². The van der Waals surface area contributed by atoms with Crippen molar-refractivity contribution in [1.29, 1.82) is 0 Å². The Morgan fingerprint density at radius 1 is 1.29 bits per heavy atom. The summed E-state index contributed by atoms with van der Waals surface area (Å²) in [5.41, 5.74) is 0. The Labute approximate surface area is 80.7 Å². The summed E-state index contributed by atoms with van der Waals surface area (Å²) in [5.74, 6) is -3.07. The Morgan fingerprint density at radius 3 is 2.21 bits per heavy atom. The zero-order valence-corrected chi connectivity index (χ0v) is 8.14. The van der Waals surface area contributed by atoms with Crippen molar-refractivity contribution in [2.24, 2.45) is 0 Å². The molecule has 1 saturated heterocycles. The fourth-order valence-corrected chi connectivity index (χ4v) is 1.23. The molecule has 6 nitrogen and oxygen atoms in total. The molecule has 14 heavy (non-hydrogen) atoms. The van der Waals surface area contributed by atoms with E-state index in [1.807, 2.05) is 0 Å². The SMILES string of the molecule is COC(=O)[C@H]1OC(C)(C)O[C@@H]1C(=O)O. The van der Waals surface area contributed by atoms with E-state index in [9.17, 15) is 9.59 Å². The number of hydrogen-bond acceptors (Lipinski definition) is 5. The lowest BCUT2D eigenvalue weighted by Gasteiger charge is -2.15. The molecule has 6 heteroatoms. The fraction of sp³-hybridized carbons (Fsp3) is 0.750. The molecule has 0 unspecified atom stereocenters.